The van der Waals surface area contributed by atoms with Gasteiger partial charge in [0.1, 0.15) is 0 Å². The quantitative estimate of drug-likeness (QED) is 0.286. The summed E-state index contributed by atoms with van der Waals surface area (Å²) in [6, 6.07) is 0. The van der Waals surface area contributed by atoms with Crippen LogP contribution < -0.4 is 0 Å². The summed E-state index contributed by atoms with van der Waals surface area (Å²) in [7, 11) is -2.52. The van der Waals surface area contributed by atoms with Crippen molar-refractivity contribution >= 4 is 14.2 Å². The van der Waals surface area contributed by atoms with Crippen molar-refractivity contribution in [1.82, 2.24) is 0 Å². The monoisotopic (exact) mass is 208 g/mol. The Morgan fingerprint density at radius 3 is 2.54 bits per heavy atom. The topological polar surface area (TPSA) is 61.8 Å². The number of rotatable bonds is 6. The lowest BCUT2D eigenvalue weighted by Gasteiger charge is -2.04. The lowest BCUT2D eigenvalue weighted by atomic mass is 10.4. The normalized spacial score (nSPS) is 12.2. The average molecular weight is 208 g/mol. The Labute approximate surface area is 77.6 Å². The summed E-state index contributed by atoms with van der Waals surface area (Å²) in [6.45, 7) is 6.48. The molecule has 0 aromatic carbocycles. The van der Waals surface area contributed by atoms with Gasteiger partial charge in [-0.25, -0.2) is 4.79 Å². The molecular weight excluding hydrogens is 195 g/mol. The van der Waals surface area contributed by atoms with Crippen LogP contribution in [0.25, 0.3) is 0 Å². The summed E-state index contributed by atoms with van der Waals surface area (Å²) < 4.78 is 24.4. The van der Waals surface area contributed by atoms with Crippen molar-refractivity contribution in [3.8, 4) is 0 Å². The highest BCUT2D eigenvalue weighted by molar-refractivity contribution is 7.33. The first kappa shape index (κ1) is 12.4. The number of carbonyl (C=O) groups excluding carboxylic acids is 1. The zero-order valence-electron chi connectivity index (χ0n) is 7.66. The largest absolute Gasteiger partial charge is 0.435 e. The van der Waals surface area contributed by atoms with Crippen molar-refractivity contribution < 1.29 is 23.1 Å². The molecule has 1 atom stereocenters. The van der Waals surface area contributed by atoms with Crippen LogP contribution >= 0.6 is 8.25 Å². The fourth-order valence-electron chi connectivity index (χ4n) is 0.414. The maximum atomic E-state index is 10.7. The Morgan fingerprint density at radius 1 is 1.46 bits per heavy atom. The van der Waals surface area contributed by atoms with Gasteiger partial charge in [-0.15, -0.1) is 0 Å². The van der Waals surface area contributed by atoms with Gasteiger partial charge in [-0.2, -0.15) is 0 Å². The van der Waals surface area contributed by atoms with Crippen molar-refractivity contribution in [2.24, 2.45) is 0 Å². The maximum absolute atomic E-state index is 10.7. The van der Waals surface area contributed by atoms with E-state index < -0.39 is 14.2 Å². The van der Waals surface area contributed by atoms with Gasteiger partial charge in [-0.05, 0) is 13.8 Å². The predicted molar refractivity (Wildman–Crippen MR) is 47.5 cm³/mol. The molecule has 0 spiro atoms. The molecule has 0 aromatic rings. The molecule has 6 heteroatoms. The highest BCUT2D eigenvalue weighted by atomic mass is 31.1. The van der Waals surface area contributed by atoms with Crippen LogP contribution in [-0.2, 0) is 23.1 Å². The van der Waals surface area contributed by atoms with E-state index in [-0.39, 0.29) is 12.4 Å². The highest BCUT2D eigenvalue weighted by Crippen LogP contribution is 2.22. The number of esters is 1. The number of hydrogen-bond acceptors (Lipinski definition) is 5. The van der Waals surface area contributed by atoms with Crippen LogP contribution in [-0.4, -0.2) is 19.4 Å². The van der Waals surface area contributed by atoms with E-state index in [1.807, 2.05) is 0 Å². The minimum absolute atomic E-state index is 0.264. The highest BCUT2D eigenvalue weighted by Gasteiger charge is 2.04. The van der Waals surface area contributed by atoms with E-state index in [1.165, 1.54) is 6.92 Å². The van der Waals surface area contributed by atoms with Crippen molar-refractivity contribution in [2.75, 3.05) is 13.4 Å². The van der Waals surface area contributed by atoms with Crippen molar-refractivity contribution in [1.29, 1.82) is 0 Å². The minimum Gasteiger partial charge on any atom is -0.435 e. The average Bonchev–Trinajstić information content (AvgIpc) is 2.04. The van der Waals surface area contributed by atoms with E-state index in [4.69, 9.17) is 0 Å². The van der Waals surface area contributed by atoms with Gasteiger partial charge in [0, 0.05) is 5.57 Å². The van der Waals surface area contributed by atoms with Crippen LogP contribution in [0, 0.1) is 0 Å². The third-order valence-electron chi connectivity index (χ3n) is 0.977. The molecule has 0 saturated heterocycles. The molecule has 5 nitrogen and oxygen atoms in total. The third kappa shape index (κ3) is 6.51. The van der Waals surface area contributed by atoms with E-state index >= 15 is 0 Å². The van der Waals surface area contributed by atoms with Gasteiger partial charge < -0.3 is 9.26 Å². The van der Waals surface area contributed by atoms with Crippen molar-refractivity contribution in [2.45, 2.75) is 13.8 Å². The first-order valence-corrected chi connectivity index (χ1v) is 4.92. The lowest BCUT2D eigenvalue weighted by molar-refractivity contribution is -0.145. The van der Waals surface area contributed by atoms with Crippen LogP contribution in [0.5, 0.6) is 0 Å². The summed E-state index contributed by atoms with van der Waals surface area (Å²) in [6.07, 6.45) is 0. The molecule has 0 N–H and O–H groups in total. The zero-order chi connectivity index (χ0) is 10.3. The molecule has 0 bridgehead atoms. The molecule has 0 aromatic heterocycles. The number of ether oxygens (including phenoxy) is 1. The maximum Gasteiger partial charge on any atom is 0.335 e. The summed E-state index contributed by atoms with van der Waals surface area (Å²) in [5, 5.41) is 0. The molecule has 0 aliphatic rings. The van der Waals surface area contributed by atoms with E-state index in [1.54, 1.807) is 6.92 Å². The molecule has 13 heavy (non-hydrogen) atoms. The Kier molecular flexibility index (Phi) is 6.49. The molecule has 0 aliphatic heterocycles. The van der Waals surface area contributed by atoms with Gasteiger partial charge in [-0.3, -0.25) is 9.09 Å². The van der Waals surface area contributed by atoms with Gasteiger partial charge in [0.15, 0.2) is 0 Å². The van der Waals surface area contributed by atoms with E-state index in [0.29, 0.717) is 6.61 Å². The summed E-state index contributed by atoms with van der Waals surface area (Å²) >= 11 is 0. The molecular formula is C7H13O5P. The molecule has 0 amide bonds. The van der Waals surface area contributed by atoms with Crippen molar-refractivity contribution in [3.63, 3.8) is 0 Å². The molecule has 0 heterocycles. The summed E-state index contributed by atoms with van der Waals surface area (Å²) in [5.41, 5.74) is 0.264. The van der Waals surface area contributed by atoms with Crippen LogP contribution in [0.2, 0.25) is 0 Å². The predicted octanol–water partition coefficient (Wildman–Crippen LogP) is 1.51. The van der Waals surface area contributed by atoms with E-state index in [9.17, 15) is 9.36 Å². The fourth-order valence-corrected chi connectivity index (χ4v) is 0.888. The van der Waals surface area contributed by atoms with Gasteiger partial charge in [0.2, 0.25) is 6.79 Å². The first-order chi connectivity index (χ1) is 6.07. The third-order valence-corrected chi connectivity index (χ3v) is 1.86. The molecule has 0 fully saturated rings. The first-order valence-electron chi connectivity index (χ1n) is 3.70. The second-order valence-electron chi connectivity index (χ2n) is 2.16. The van der Waals surface area contributed by atoms with Gasteiger partial charge >= 0.3 is 14.2 Å². The van der Waals surface area contributed by atoms with Gasteiger partial charge in [-0.1, -0.05) is 6.58 Å². The minimum atomic E-state index is -2.52. The lowest BCUT2D eigenvalue weighted by Crippen LogP contribution is -2.06. The summed E-state index contributed by atoms with van der Waals surface area (Å²) in [4.78, 5) is 10.7. The molecule has 1 unspecified atom stereocenters. The SMILES string of the molecule is C=C(C)C(=O)OCO[PH](=O)OCC. The molecule has 0 radical (unpaired) electrons. The number of hydrogen-bond donors (Lipinski definition) is 0. The zero-order valence-corrected chi connectivity index (χ0v) is 8.66. The van der Waals surface area contributed by atoms with Crippen LogP contribution in [0.1, 0.15) is 13.8 Å². The fraction of sp³-hybridized carbons (Fsp3) is 0.571. The van der Waals surface area contributed by atoms with Gasteiger partial charge in [0.25, 0.3) is 0 Å². The smallest absolute Gasteiger partial charge is 0.335 e. The second-order valence-corrected chi connectivity index (χ2v) is 3.23. The van der Waals surface area contributed by atoms with Crippen LogP contribution in [0.3, 0.4) is 0 Å². The molecule has 0 aliphatic carbocycles. The van der Waals surface area contributed by atoms with Crippen LogP contribution in [0.15, 0.2) is 12.2 Å². The second kappa shape index (κ2) is 6.83. The Balaban J connectivity index is 3.50. The van der Waals surface area contributed by atoms with Crippen LogP contribution in [0.4, 0.5) is 0 Å². The molecule has 0 saturated carbocycles. The molecule has 0 rings (SSSR count). The molecule has 76 valence electrons. The van der Waals surface area contributed by atoms with E-state index in [0.717, 1.165) is 0 Å². The Hall–Kier alpha value is -0.640. The Bertz CT molecular complexity index is 213. The summed E-state index contributed by atoms with van der Waals surface area (Å²) in [5.74, 6) is -0.578. The van der Waals surface area contributed by atoms with E-state index in [2.05, 4.69) is 20.4 Å². The standard InChI is InChI=1S/C7H13O5P/c1-4-11-13(9)12-5-10-7(8)6(2)3/h13H,2,4-5H2,1,3H3. The van der Waals surface area contributed by atoms with Gasteiger partial charge in [0.05, 0.1) is 6.61 Å². The van der Waals surface area contributed by atoms with Crippen molar-refractivity contribution in [3.05, 3.63) is 12.2 Å². The number of carbonyl (C=O) groups is 1. The Morgan fingerprint density at radius 2 is 2.08 bits per heavy atom.